The Morgan fingerprint density at radius 2 is 2.11 bits per heavy atom. The first kappa shape index (κ1) is 13.3. The van der Waals surface area contributed by atoms with E-state index < -0.39 is 15.8 Å². The van der Waals surface area contributed by atoms with Gasteiger partial charge in [0.15, 0.2) is 0 Å². The van der Waals surface area contributed by atoms with Crippen LogP contribution in [0.2, 0.25) is 0 Å². The van der Waals surface area contributed by atoms with Crippen LogP contribution in [0.1, 0.15) is 26.2 Å². The van der Waals surface area contributed by atoms with Crippen LogP contribution in [0.4, 0.5) is 10.1 Å². The van der Waals surface area contributed by atoms with E-state index in [0.717, 1.165) is 25.3 Å². The Bertz CT molecular complexity index is 541. The highest BCUT2D eigenvalue weighted by Crippen LogP contribution is 2.30. The molecule has 1 atom stereocenters. The fraction of sp³-hybridized carbons (Fsp3) is 0.500. The number of hydrogen-bond donors (Lipinski definition) is 2. The van der Waals surface area contributed by atoms with Gasteiger partial charge in [-0.3, -0.25) is 0 Å². The molecule has 18 heavy (non-hydrogen) atoms. The summed E-state index contributed by atoms with van der Waals surface area (Å²) < 4.78 is 40.2. The second-order valence-electron chi connectivity index (χ2n) is 4.79. The van der Waals surface area contributed by atoms with Gasteiger partial charge in [-0.05, 0) is 43.9 Å². The number of nitrogen functional groups attached to an aromatic ring is 1. The average Bonchev–Trinajstić information content (AvgIpc) is 2.12. The van der Waals surface area contributed by atoms with E-state index in [1.807, 2.05) is 6.92 Å². The van der Waals surface area contributed by atoms with Crippen LogP contribution in [0.15, 0.2) is 23.1 Å². The number of hydrogen-bond acceptors (Lipinski definition) is 3. The van der Waals surface area contributed by atoms with Crippen molar-refractivity contribution in [3.05, 3.63) is 24.0 Å². The number of nitrogens with two attached hydrogens (primary N) is 1. The lowest BCUT2D eigenvalue weighted by Crippen LogP contribution is -2.40. The Morgan fingerprint density at radius 1 is 1.44 bits per heavy atom. The van der Waals surface area contributed by atoms with E-state index in [1.54, 1.807) is 0 Å². The van der Waals surface area contributed by atoms with Crippen molar-refractivity contribution >= 4 is 15.7 Å². The summed E-state index contributed by atoms with van der Waals surface area (Å²) in [6.45, 7) is 1.82. The normalized spacial score (nSPS) is 18.3. The number of sulfonamides is 1. The van der Waals surface area contributed by atoms with E-state index in [0.29, 0.717) is 5.92 Å². The molecule has 1 aliphatic rings. The number of rotatable bonds is 4. The van der Waals surface area contributed by atoms with Gasteiger partial charge < -0.3 is 5.73 Å². The molecule has 100 valence electrons. The molecular weight excluding hydrogens is 255 g/mol. The maximum Gasteiger partial charge on any atom is 0.243 e. The molecule has 1 aromatic rings. The van der Waals surface area contributed by atoms with Crippen molar-refractivity contribution in [1.82, 2.24) is 4.72 Å². The zero-order valence-electron chi connectivity index (χ0n) is 10.2. The van der Waals surface area contributed by atoms with Gasteiger partial charge in [-0.25, -0.2) is 17.5 Å². The summed E-state index contributed by atoms with van der Waals surface area (Å²) in [5.74, 6) is -0.458. The van der Waals surface area contributed by atoms with Crippen LogP contribution in [-0.2, 0) is 10.0 Å². The van der Waals surface area contributed by atoms with Crippen molar-refractivity contribution in [3.8, 4) is 0 Å². The molecule has 0 spiro atoms. The third kappa shape index (κ3) is 2.64. The first-order valence-electron chi connectivity index (χ1n) is 5.97. The molecule has 0 aliphatic heterocycles. The van der Waals surface area contributed by atoms with E-state index in [2.05, 4.69) is 4.72 Å². The van der Waals surface area contributed by atoms with Crippen molar-refractivity contribution in [2.24, 2.45) is 5.92 Å². The number of nitrogens with one attached hydrogen (secondary N) is 1. The second-order valence-corrected chi connectivity index (χ2v) is 6.47. The molecule has 1 aliphatic carbocycles. The zero-order chi connectivity index (χ0) is 13.3. The molecule has 6 heteroatoms. The molecular formula is C12H17FN2O2S. The lowest BCUT2D eigenvalue weighted by Gasteiger charge is -2.31. The summed E-state index contributed by atoms with van der Waals surface area (Å²) in [7, 11) is -3.81. The smallest absolute Gasteiger partial charge is 0.243 e. The molecule has 0 aromatic heterocycles. The van der Waals surface area contributed by atoms with Crippen LogP contribution in [0.25, 0.3) is 0 Å². The maximum atomic E-state index is 13.6. The van der Waals surface area contributed by atoms with E-state index >= 15 is 0 Å². The highest BCUT2D eigenvalue weighted by Gasteiger charge is 2.29. The van der Waals surface area contributed by atoms with Gasteiger partial charge in [0.2, 0.25) is 10.0 Å². The zero-order valence-corrected chi connectivity index (χ0v) is 11.0. The number of benzene rings is 1. The molecule has 0 amide bonds. The van der Waals surface area contributed by atoms with E-state index in [4.69, 9.17) is 5.73 Å². The molecule has 0 heterocycles. The molecule has 3 N–H and O–H groups in total. The largest absolute Gasteiger partial charge is 0.399 e. The topological polar surface area (TPSA) is 72.2 Å². The summed E-state index contributed by atoms with van der Waals surface area (Å²) in [6, 6.07) is 3.43. The third-order valence-corrected chi connectivity index (χ3v) is 5.04. The van der Waals surface area contributed by atoms with Crippen LogP contribution >= 0.6 is 0 Å². The number of anilines is 1. The Morgan fingerprint density at radius 3 is 2.61 bits per heavy atom. The lowest BCUT2D eigenvalue weighted by atomic mass is 9.81. The molecule has 4 nitrogen and oxygen atoms in total. The van der Waals surface area contributed by atoms with Crippen LogP contribution in [-0.4, -0.2) is 14.5 Å². The monoisotopic (exact) mass is 272 g/mol. The first-order chi connectivity index (χ1) is 8.40. The predicted molar refractivity (Wildman–Crippen MR) is 67.9 cm³/mol. The standard InChI is InChI=1S/C12H17FN2O2S/c1-8(9-3-2-4-9)15-18(16,17)12-6-5-10(14)7-11(12)13/h5-9,15H,2-4,14H2,1H3. The Hall–Kier alpha value is -1.14. The molecule has 0 radical (unpaired) electrons. The van der Waals surface area contributed by atoms with Crippen molar-refractivity contribution in [2.75, 3.05) is 5.73 Å². The minimum absolute atomic E-state index is 0.166. The van der Waals surface area contributed by atoms with E-state index in [9.17, 15) is 12.8 Å². The summed E-state index contributed by atoms with van der Waals surface area (Å²) in [6.07, 6.45) is 3.18. The van der Waals surface area contributed by atoms with Gasteiger partial charge in [-0.1, -0.05) is 6.42 Å². The van der Waals surface area contributed by atoms with Gasteiger partial charge in [0.05, 0.1) is 0 Å². The number of halogens is 1. The molecule has 2 rings (SSSR count). The van der Waals surface area contributed by atoms with Crippen molar-refractivity contribution < 1.29 is 12.8 Å². The molecule has 0 bridgehead atoms. The van der Waals surface area contributed by atoms with Crippen molar-refractivity contribution in [2.45, 2.75) is 37.1 Å². The van der Waals surface area contributed by atoms with Gasteiger partial charge in [0, 0.05) is 11.7 Å². The molecule has 0 saturated heterocycles. The van der Waals surface area contributed by atoms with Crippen molar-refractivity contribution in [1.29, 1.82) is 0 Å². The highest BCUT2D eigenvalue weighted by atomic mass is 32.2. The molecule has 1 unspecified atom stereocenters. The lowest BCUT2D eigenvalue weighted by molar-refractivity contribution is 0.260. The molecule has 1 fully saturated rings. The predicted octanol–water partition coefficient (Wildman–Crippen LogP) is 1.87. The summed E-state index contributed by atoms with van der Waals surface area (Å²) in [5.41, 5.74) is 5.60. The minimum atomic E-state index is -3.81. The fourth-order valence-electron chi connectivity index (χ4n) is 2.08. The van der Waals surface area contributed by atoms with Gasteiger partial charge in [0.1, 0.15) is 10.7 Å². The van der Waals surface area contributed by atoms with Gasteiger partial charge in [-0.2, -0.15) is 0 Å². The van der Waals surface area contributed by atoms with Crippen LogP contribution in [0.3, 0.4) is 0 Å². The Labute approximate surface area is 106 Å². The van der Waals surface area contributed by atoms with Gasteiger partial charge in [-0.15, -0.1) is 0 Å². The van der Waals surface area contributed by atoms with Crippen molar-refractivity contribution in [3.63, 3.8) is 0 Å². The highest BCUT2D eigenvalue weighted by molar-refractivity contribution is 7.89. The first-order valence-corrected chi connectivity index (χ1v) is 7.46. The Kier molecular flexibility index (Phi) is 3.59. The van der Waals surface area contributed by atoms with E-state index in [-0.39, 0.29) is 16.6 Å². The summed E-state index contributed by atoms with van der Waals surface area (Å²) in [4.78, 5) is -0.345. The SMILES string of the molecule is CC(NS(=O)(=O)c1ccc(N)cc1F)C1CCC1. The fourth-order valence-corrected chi connectivity index (χ4v) is 3.45. The third-order valence-electron chi connectivity index (χ3n) is 3.44. The average molecular weight is 272 g/mol. The Balaban J connectivity index is 2.19. The van der Waals surface area contributed by atoms with Crippen LogP contribution in [0.5, 0.6) is 0 Å². The summed E-state index contributed by atoms with van der Waals surface area (Å²) in [5, 5.41) is 0. The molecule has 1 aromatic carbocycles. The molecule has 1 saturated carbocycles. The van der Waals surface area contributed by atoms with Gasteiger partial charge >= 0.3 is 0 Å². The maximum absolute atomic E-state index is 13.6. The van der Waals surface area contributed by atoms with E-state index in [1.165, 1.54) is 12.1 Å². The minimum Gasteiger partial charge on any atom is -0.399 e. The van der Waals surface area contributed by atoms with Gasteiger partial charge in [0.25, 0.3) is 0 Å². The quantitative estimate of drug-likeness (QED) is 0.822. The van der Waals surface area contributed by atoms with Crippen LogP contribution < -0.4 is 10.5 Å². The second kappa shape index (κ2) is 4.85. The summed E-state index contributed by atoms with van der Waals surface area (Å²) >= 11 is 0. The van der Waals surface area contributed by atoms with Crippen LogP contribution in [0, 0.1) is 11.7 Å².